The second kappa shape index (κ2) is 7.15. The number of carboxylic acids is 1. The number of aliphatic carboxylic acids is 1. The summed E-state index contributed by atoms with van der Waals surface area (Å²) in [5.74, 6) is -0.755. The van der Waals surface area contributed by atoms with Crippen LogP contribution in [0.3, 0.4) is 0 Å². The van der Waals surface area contributed by atoms with Gasteiger partial charge in [-0.25, -0.2) is 9.97 Å². The number of carboxylic acid groups (broad SMARTS) is 1. The van der Waals surface area contributed by atoms with Crippen LogP contribution in [-0.4, -0.2) is 30.4 Å². The fourth-order valence-electron chi connectivity index (χ4n) is 3.84. The van der Waals surface area contributed by atoms with Crippen LogP contribution in [0.4, 0.5) is 0 Å². The Bertz CT molecular complexity index is 1250. The lowest BCUT2D eigenvalue weighted by Gasteiger charge is -2.36. The molecule has 4 aromatic rings. The van der Waals surface area contributed by atoms with Gasteiger partial charge >= 0.3 is 5.97 Å². The highest BCUT2D eigenvalue weighted by Crippen LogP contribution is 2.48. The minimum absolute atomic E-state index is 0.605. The number of carbonyl (C=O) groups is 1. The number of hydrogen-bond acceptors (Lipinski definition) is 4. The standard InChI is InChI=1S/C22H18BrN3O2S/c23-17-9-8-14(15-5-1-2-6-16(15)17)13-26-18-7-3-12-24-19(18)25-21(26)29-22(20(27)28)10-4-11-22/h1-3,5-9,12H,4,10-11,13H2,(H,27,28). The lowest BCUT2D eigenvalue weighted by atomic mass is 9.84. The molecule has 1 saturated carbocycles. The van der Waals surface area contributed by atoms with E-state index < -0.39 is 10.7 Å². The number of thioether (sulfide) groups is 1. The molecule has 1 aliphatic rings. The second-order valence-corrected chi connectivity index (χ2v) is 9.54. The van der Waals surface area contributed by atoms with Gasteiger partial charge in [-0.2, -0.15) is 0 Å². The number of rotatable bonds is 5. The van der Waals surface area contributed by atoms with Crippen molar-refractivity contribution in [2.45, 2.75) is 35.7 Å². The Morgan fingerprint density at radius 1 is 1.14 bits per heavy atom. The molecular formula is C22H18BrN3O2S. The summed E-state index contributed by atoms with van der Waals surface area (Å²) in [5.41, 5.74) is 2.73. The fourth-order valence-corrected chi connectivity index (χ4v) is 5.65. The van der Waals surface area contributed by atoms with Gasteiger partial charge in [0.2, 0.25) is 0 Å². The Balaban J connectivity index is 1.63. The van der Waals surface area contributed by atoms with Gasteiger partial charge < -0.3 is 9.67 Å². The van der Waals surface area contributed by atoms with Crippen molar-refractivity contribution in [3.8, 4) is 0 Å². The van der Waals surface area contributed by atoms with Gasteiger partial charge in [0.05, 0.1) is 12.1 Å². The zero-order chi connectivity index (χ0) is 20.0. The average Bonchev–Trinajstić information content (AvgIpc) is 3.04. The summed E-state index contributed by atoms with van der Waals surface area (Å²) in [7, 11) is 0. The second-order valence-electron chi connectivity index (χ2n) is 7.33. The van der Waals surface area contributed by atoms with E-state index in [2.05, 4.69) is 49.7 Å². The molecule has 29 heavy (non-hydrogen) atoms. The summed E-state index contributed by atoms with van der Waals surface area (Å²) in [5, 5.41) is 12.8. The lowest BCUT2D eigenvalue weighted by molar-refractivity contribution is -0.142. The highest BCUT2D eigenvalue weighted by Gasteiger charge is 2.46. The molecule has 0 unspecified atom stereocenters. The molecule has 0 radical (unpaired) electrons. The molecule has 0 aliphatic heterocycles. The summed E-state index contributed by atoms with van der Waals surface area (Å²) in [4.78, 5) is 21.0. The molecule has 2 heterocycles. The van der Waals surface area contributed by atoms with E-state index in [0.29, 0.717) is 30.2 Å². The van der Waals surface area contributed by atoms with Crippen LogP contribution in [0, 0.1) is 0 Å². The third-order valence-corrected chi connectivity index (χ3v) is 7.78. The van der Waals surface area contributed by atoms with Crippen LogP contribution >= 0.6 is 27.7 Å². The van der Waals surface area contributed by atoms with Crippen molar-refractivity contribution in [1.29, 1.82) is 0 Å². The first kappa shape index (κ1) is 18.6. The van der Waals surface area contributed by atoms with E-state index in [4.69, 9.17) is 4.98 Å². The third kappa shape index (κ3) is 3.13. The number of fused-ring (bicyclic) bond motifs is 2. The van der Waals surface area contributed by atoms with E-state index in [0.717, 1.165) is 27.4 Å². The van der Waals surface area contributed by atoms with Gasteiger partial charge in [0.25, 0.3) is 0 Å². The summed E-state index contributed by atoms with van der Waals surface area (Å²) in [6.07, 6.45) is 4.00. The number of nitrogens with zero attached hydrogens (tertiary/aromatic N) is 3. The van der Waals surface area contributed by atoms with Crippen molar-refractivity contribution in [2.75, 3.05) is 0 Å². The monoisotopic (exact) mass is 467 g/mol. The molecule has 2 aromatic heterocycles. The van der Waals surface area contributed by atoms with Crippen molar-refractivity contribution < 1.29 is 9.90 Å². The molecule has 0 bridgehead atoms. The Labute approximate surface area is 180 Å². The Hall–Kier alpha value is -2.38. The summed E-state index contributed by atoms with van der Waals surface area (Å²) < 4.78 is 2.38. The molecule has 0 atom stereocenters. The number of pyridine rings is 1. The van der Waals surface area contributed by atoms with E-state index in [1.54, 1.807) is 6.20 Å². The summed E-state index contributed by atoms with van der Waals surface area (Å²) >= 11 is 5.01. The van der Waals surface area contributed by atoms with Gasteiger partial charge in [-0.1, -0.05) is 58.0 Å². The smallest absolute Gasteiger partial charge is 0.320 e. The third-order valence-electron chi connectivity index (χ3n) is 5.62. The van der Waals surface area contributed by atoms with E-state index in [1.807, 2.05) is 24.3 Å². The molecule has 0 saturated heterocycles. The van der Waals surface area contributed by atoms with Crippen molar-refractivity contribution in [1.82, 2.24) is 14.5 Å². The van der Waals surface area contributed by atoms with Crippen LogP contribution in [0.1, 0.15) is 24.8 Å². The predicted octanol–water partition coefficient (Wildman–Crippen LogP) is 5.49. The molecule has 0 amide bonds. The number of imidazole rings is 1. The van der Waals surface area contributed by atoms with Gasteiger partial charge in [-0.3, -0.25) is 4.79 Å². The van der Waals surface area contributed by atoms with E-state index in [1.165, 1.54) is 17.1 Å². The summed E-state index contributed by atoms with van der Waals surface area (Å²) in [6.45, 7) is 0.605. The minimum Gasteiger partial charge on any atom is -0.480 e. The van der Waals surface area contributed by atoms with Crippen LogP contribution in [-0.2, 0) is 11.3 Å². The van der Waals surface area contributed by atoms with E-state index >= 15 is 0 Å². The highest BCUT2D eigenvalue weighted by molar-refractivity contribution is 9.10. The van der Waals surface area contributed by atoms with Crippen LogP contribution in [0.2, 0.25) is 0 Å². The topological polar surface area (TPSA) is 68.0 Å². The van der Waals surface area contributed by atoms with Gasteiger partial charge in [-0.15, -0.1) is 0 Å². The Kier molecular flexibility index (Phi) is 4.59. The number of hydrogen-bond donors (Lipinski definition) is 1. The molecule has 7 heteroatoms. The molecule has 0 spiro atoms. The quantitative estimate of drug-likeness (QED) is 0.419. The molecule has 1 aliphatic carbocycles. The van der Waals surface area contributed by atoms with Crippen LogP contribution in [0.25, 0.3) is 21.9 Å². The van der Waals surface area contributed by atoms with Crippen LogP contribution in [0.5, 0.6) is 0 Å². The van der Waals surface area contributed by atoms with Crippen molar-refractivity contribution >= 4 is 55.6 Å². The van der Waals surface area contributed by atoms with Crippen molar-refractivity contribution in [3.63, 3.8) is 0 Å². The van der Waals surface area contributed by atoms with Crippen molar-refractivity contribution in [2.24, 2.45) is 0 Å². The molecule has 146 valence electrons. The molecule has 1 fully saturated rings. The fraction of sp³-hybridized carbons (Fsp3) is 0.227. The SMILES string of the molecule is O=C(O)C1(Sc2nc3ncccc3n2Cc2ccc(Br)c3ccccc23)CCC1. The molecule has 5 rings (SSSR count). The van der Waals surface area contributed by atoms with Gasteiger partial charge in [0.1, 0.15) is 4.75 Å². The molecule has 2 aromatic carbocycles. The zero-order valence-electron chi connectivity index (χ0n) is 15.5. The number of aromatic nitrogens is 3. The normalized spacial score (nSPS) is 15.5. The van der Waals surface area contributed by atoms with Gasteiger partial charge in [-0.05, 0) is 53.8 Å². The van der Waals surface area contributed by atoms with E-state index in [9.17, 15) is 9.90 Å². The van der Waals surface area contributed by atoms with E-state index in [-0.39, 0.29) is 0 Å². The maximum absolute atomic E-state index is 11.9. The Morgan fingerprint density at radius 2 is 1.93 bits per heavy atom. The number of halogens is 1. The maximum atomic E-state index is 11.9. The maximum Gasteiger partial charge on any atom is 0.320 e. The Morgan fingerprint density at radius 3 is 2.66 bits per heavy atom. The van der Waals surface area contributed by atoms with Gasteiger partial charge in [0.15, 0.2) is 10.8 Å². The van der Waals surface area contributed by atoms with Crippen molar-refractivity contribution in [3.05, 3.63) is 64.8 Å². The van der Waals surface area contributed by atoms with Gasteiger partial charge in [0, 0.05) is 10.7 Å². The molecule has 1 N–H and O–H groups in total. The molecular weight excluding hydrogens is 450 g/mol. The van der Waals surface area contributed by atoms with Crippen LogP contribution < -0.4 is 0 Å². The van der Waals surface area contributed by atoms with Crippen LogP contribution in [0.15, 0.2) is 64.4 Å². The average molecular weight is 468 g/mol. The highest BCUT2D eigenvalue weighted by atomic mass is 79.9. The first-order valence-electron chi connectivity index (χ1n) is 9.47. The molecule has 5 nitrogen and oxygen atoms in total. The predicted molar refractivity (Wildman–Crippen MR) is 118 cm³/mol. The zero-order valence-corrected chi connectivity index (χ0v) is 17.9. The first-order valence-corrected chi connectivity index (χ1v) is 11.1. The number of benzene rings is 2. The largest absolute Gasteiger partial charge is 0.480 e. The minimum atomic E-state index is -0.777. The summed E-state index contributed by atoms with van der Waals surface area (Å²) in [6, 6.07) is 16.3. The first-order chi connectivity index (χ1) is 14.1. The lowest BCUT2D eigenvalue weighted by Crippen LogP contribution is -2.42.